The van der Waals surface area contributed by atoms with Crippen molar-refractivity contribution in [1.29, 1.82) is 0 Å². The van der Waals surface area contributed by atoms with Crippen molar-refractivity contribution in [3.63, 3.8) is 0 Å². The first-order chi connectivity index (χ1) is 8.22. The molecule has 1 N–H and O–H groups in total. The van der Waals surface area contributed by atoms with E-state index in [-0.39, 0.29) is 0 Å². The summed E-state index contributed by atoms with van der Waals surface area (Å²) in [7, 11) is 0. The lowest BCUT2D eigenvalue weighted by atomic mass is 10.0. The zero-order chi connectivity index (χ0) is 12.3. The Morgan fingerprint density at radius 2 is 1.94 bits per heavy atom. The van der Waals surface area contributed by atoms with Crippen molar-refractivity contribution in [3.8, 4) is 0 Å². The van der Waals surface area contributed by atoms with Gasteiger partial charge in [-0.15, -0.1) is 0 Å². The lowest BCUT2D eigenvalue weighted by Crippen LogP contribution is -2.57. The van der Waals surface area contributed by atoms with Gasteiger partial charge in [-0.05, 0) is 32.4 Å². The summed E-state index contributed by atoms with van der Waals surface area (Å²) in [4.78, 5) is 2.64. The van der Waals surface area contributed by atoms with Crippen LogP contribution in [0.2, 0.25) is 0 Å². The minimum Gasteiger partial charge on any atom is -0.314 e. The molecule has 0 amide bonds. The molecule has 0 radical (unpaired) electrons. The smallest absolute Gasteiger partial charge is 0.0351 e. The van der Waals surface area contributed by atoms with Crippen molar-refractivity contribution in [2.45, 2.75) is 39.3 Å². The van der Waals surface area contributed by atoms with E-state index in [2.05, 4.69) is 55.3 Å². The fraction of sp³-hybridized carbons (Fsp3) is 0.600. The van der Waals surface area contributed by atoms with E-state index in [4.69, 9.17) is 0 Å². The molecule has 1 unspecified atom stereocenters. The van der Waals surface area contributed by atoms with Crippen LogP contribution in [0.25, 0.3) is 0 Å². The van der Waals surface area contributed by atoms with Crippen LogP contribution in [0, 0.1) is 6.92 Å². The Bertz CT molecular complexity index is 340. The van der Waals surface area contributed by atoms with Gasteiger partial charge in [-0.3, -0.25) is 4.90 Å². The first-order valence-electron chi connectivity index (χ1n) is 6.75. The molecule has 1 aromatic rings. The second-order valence-corrected chi connectivity index (χ2v) is 5.14. The highest BCUT2D eigenvalue weighted by Crippen LogP contribution is 2.24. The van der Waals surface area contributed by atoms with Crippen molar-refractivity contribution in [1.82, 2.24) is 10.2 Å². The number of rotatable bonds is 5. The van der Waals surface area contributed by atoms with Crippen LogP contribution in [0.4, 0.5) is 0 Å². The van der Waals surface area contributed by atoms with Crippen LogP contribution in [0.3, 0.4) is 0 Å². The van der Waals surface area contributed by atoms with Gasteiger partial charge in [0.25, 0.3) is 0 Å². The summed E-state index contributed by atoms with van der Waals surface area (Å²) in [5, 5.41) is 3.37. The number of nitrogens with one attached hydrogen (secondary N) is 1. The van der Waals surface area contributed by atoms with Gasteiger partial charge in [-0.25, -0.2) is 0 Å². The van der Waals surface area contributed by atoms with Crippen LogP contribution < -0.4 is 5.32 Å². The van der Waals surface area contributed by atoms with E-state index in [0.717, 1.165) is 19.1 Å². The van der Waals surface area contributed by atoms with Crippen LogP contribution in [0.5, 0.6) is 0 Å². The first-order valence-corrected chi connectivity index (χ1v) is 6.75. The molecule has 1 saturated heterocycles. The highest BCUT2D eigenvalue weighted by molar-refractivity contribution is 5.24. The fourth-order valence-corrected chi connectivity index (χ4v) is 2.50. The molecule has 0 bridgehead atoms. The number of hydrogen-bond donors (Lipinski definition) is 1. The molecule has 0 saturated carbocycles. The highest BCUT2D eigenvalue weighted by atomic mass is 15.2. The van der Waals surface area contributed by atoms with Crippen molar-refractivity contribution in [3.05, 3.63) is 35.4 Å². The number of nitrogens with zero attached hydrogens (tertiary/aromatic N) is 1. The van der Waals surface area contributed by atoms with Gasteiger partial charge in [0, 0.05) is 25.2 Å². The van der Waals surface area contributed by atoms with E-state index in [0.29, 0.717) is 6.04 Å². The van der Waals surface area contributed by atoms with Gasteiger partial charge in [0.2, 0.25) is 0 Å². The van der Waals surface area contributed by atoms with Gasteiger partial charge in [0.05, 0.1) is 0 Å². The average molecular weight is 232 g/mol. The first kappa shape index (κ1) is 12.6. The molecular formula is C15H24N2. The summed E-state index contributed by atoms with van der Waals surface area (Å²) >= 11 is 0. The molecule has 2 heteroatoms. The number of benzene rings is 1. The van der Waals surface area contributed by atoms with Gasteiger partial charge >= 0.3 is 0 Å². The maximum atomic E-state index is 3.37. The predicted molar refractivity (Wildman–Crippen MR) is 73.2 cm³/mol. The van der Waals surface area contributed by atoms with Crippen LogP contribution in [0.1, 0.15) is 37.4 Å². The fourth-order valence-electron chi connectivity index (χ4n) is 2.50. The van der Waals surface area contributed by atoms with E-state index < -0.39 is 0 Å². The van der Waals surface area contributed by atoms with E-state index in [1.165, 1.54) is 24.1 Å². The van der Waals surface area contributed by atoms with Crippen molar-refractivity contribution < 1.29 is 0 Å². The maximum absolute atomic E-state index is 3.37. The third-order valence-electron chi connectivity index (χ3n) is 3.77. The Hall–Kier alpha value is -0.860. The zero-order valence-corrected chi connectivity index (χ0v) is 11.2. The summed E-state index contributed by atoms with van der Waals surface area (Å²) in [6, 6.07) is 10.2. The summed E-state index contributed by atoms with van der Waals surface area (Å²) in [6.07, 6.45) is 1.23. The van der Waals surface area contributed by atoms with Crippen LogP contribution in [-0.4, -0.2) is 30.6 Å². The second kappa shape index (κ2) is 5.65. The van der Waals surface area contributed by atoms with Crippen LogP contribution in [0.15, 0.2) is 24.3 Å². The van der Waals surface area contributed by atoms with E-state index >= 15 is 0 Å². The van der Waals surface area contributed by atoms with Crippen molar-refractivity contribution >= 4 is 0 Å². The summed E-state index contributed by atoms with van der Waals surface area (Å²) in [5.41, 5.74) is 2.78. The van der Waals surface area contributed by atoms with Gasteiger partial charge in [-0.2, -0.15) is 0 Å². The average Bonchev–Trinajstić information content (AvgIpc) is 2.26. The molecule has 2 rings (SSSR count). The van der Waals surface area contributed by atoms with Gasteiger partial charge < -0.3 is 5.32 Å². The molecule has 1 aliphatic rings. The van der Waals surface area contributed by atoms with Crippen LogP contribution >= 0.6 is 0 Å². The third kappa shape index (κ3) is 2.88. The van der Waals surface area contributed by atoms with E-state index in [1.807, 2.05) is 0 Å². The lowest BCUT2D eigenvalue weighted by Gasteiger charge is -2.42. The molecule has 1 heterocycles. The minimum absolute atomic E-state index is 0.530. The Balaban J connectivity index is 2.09. The highest BCUT2D eigenvalue weighted by Gasteiger charge is 2.28. The second-order valence-electron chi connectivity index (χ2n) is 5.14. The molecule has 2 nitrogen and oxygen atoms in total. The quantitative estimate of drug-likeness (QED) is 0.840. The molecule has 1 aromatic carbocycles. The summed E-state index contributed by atoms with van der Waals surface area (Å²) < 4.78 is 0. The van der Waals surface area contributed by atoms with E-state index in [9.17, 15) is 0 Å². The molecule has 1 aliphatic heterocycles. The van der Waals surface area contributed by atoms with Gasteiger partial charge in [-0.1, -0.05) is 36.8 Å². The van der Waals surface area contributed by atoms with Crippen molar-refractivity contribution in [2.24, 2.45) is 0 Å². The molecule has 17 heavy (non-hydrogen) atoms. The number of hydrogen-bond acceptors (Lipinski definition) is 2. The topological polar surface area (TPSA) is 15.3 Å². The minimum atomic E-state index is 0.530. The molecule has 0 aliphatic carbocycles. The predicted octanol–water partition coefficient (Wildman–Crippen LogP) is 2.74. The van der Waals surface area contributed by atoms with Gasteiger partial charge in [0.1, 0.15) is 0 Å². The Kier molecular flexibility index (Phi) is 4.19. The maximum Gasteiger partial charge on any atom is 0.0351 e. The van der Waals surface area contributed by atoms with Gasteiger partial charge in [0.15, 0.2) is 0 Å². The SMILES string of the molecule is CCCN(C1CNC1)C(C)c1ccc(C)cc1. The Morgan fingerprint density at radius 3 is 2.41 bits per heavy atom. The monoisotopic (exact) mass is 232 g/mol. The zero-order valence-electron chi connectivity index (χ0n) is 11.2. The van der Waals surface area contributed by atoms with Crippen molar-refractivity contribution in [2.75, 3.05) is 19.6 Å². The summed E-state index contributed by atoms with van der Waals surface area (Å²) in [5.74, 6) is 0. The standard InChI is InChI=1S/C15H24N2/c1-4-9-17(15-10-16-11-15)13(3)14-7-5-12(2)6-8-14/h5-8,13,15-16H,4,9-11H2,1-3H3. The van der Waals surface area contributed by atoms with E-state index in [1.54, 1.807) is 0 Å². The largest absolute Gasteiger partial charge is 0.314 e. The molecule has 94 valence electrons. The normalized spacial score (nSPS) is 18.1. The third-order valence-corrected chi connectivity index (χ3v) is 3.77. The summed E-state index contributed by atoms with van der Waals surface area (Å²) in [6.45, 7) is 10.2. The number of aryl methyl sites for hydroxylation is 1. The Morgan fingerprint density at radius 1 is 1.29 bits per heavy atom. The van der Waals surface area contributed by atoms with Crippen LogP contribution in [-0.2, 0) is 0 Å². The lowest BCUT2D eigenvalue weighted by molar-refractivity contribution is 0.103. The Labute approximate surface area is 105 Å². The molecule has 0 aromatic heterocycles. The molecule has 1 atom stereocenters. The molecule has 0 spiro atoms. The molecular weight excluding hydrogens is 208 g/mol. The molecule has 1 fully saturated rings.